The summed E-state index contributed by atoms with van der Waals surface area (Å²) in [7, 11) is 0. The molecule has 1 saturated heterocycles. The second kappa shape index (κ2) is 5.61. The number of piperazine rings is 1. The minimum absolute atomic E-state index is 0.821. The van der Waals surface area contributed by atoms with Crippen molar-refractivity contribution >= 4 is 0 Å². The second-order valence-corrected chi connectivity index (χ2v) is 8.18. The van der Waals surface area contributed by atoms with Crippen LogP contribution in [0.4, 0.5) is 0 Å². The van der Waals surface area contributed by atoms with Crippen molar-refractivity contribution in [3.05, 3.63) is 0 Å². The van der Waals surface area contributed by atoms with Gasteiger partial charge < -0.3 is 5.32 Å². The molecule has 2 nitrogen and oxygen atoms in total. The maximum atomic E-state index is 3.86. The fourth-order valence-electron chi connectivity index (χ4n) is 5.44. The molecule has 4 fully saturated rings. The maximum absolute atomic E-state index is 3.86. The molecule has 5 atom stereocenters. The average molecular weight is 276 g/mol. The van der Waals surface area contributed by atoms with Crippen LogP contribution in [0.1, 0.15) is 58.3 Å². The van der Waals surface area contributed by atoms with E-state index in [1.54, 1.807) is 25.7 Å². The molecule has 0 radical (unpaired) electrons. The fourth-order valence-corrected chi connectivity index (χ4v) is 5.44. The first kappa shape index (κ1) is 13.6. The van der Waals surface area contributed by atoms with E-state index in [0.717, 1.165) is 35.8 Å². The van der Waals surface area contributed by atoms with E-state index >= 15 is 0 Å². The fraction of sp³-hybridized carbons (Fsp3) is 1.00. The Morgan fingerprint density at radius 1 is 1.05 bits per heavy atom. The first-order valence-corrected chi connectivity index (χ1v) is 9.31. The number of fused-ring (bicyclic) bond motifs is 2. The van der Waals surface area contributed by atoms with Crippen molar-refractivity contribution < 1.29 is 0 Å². The normalized spacial score (nSPS) is 45.1. The van der Waals surface area contributed by atoms with Crippen LogP contribution in [0, 0.1) is 23.7 Å². The number of hydrogen-bond acceptors (Lipinski definition) is 2. The van der Waals surface area contributed by atoms with Crippen LogP contribution in [0.25, 0.3) is 0 Å². The topological polar surface area (TPSA) is 15.3 Å². The van der Waals surface area contributed by atoms with Crippen LogP contribution in [0.5, 0.6) is 0 Å². The summed E-state index contributed by atoms with van der Waals surface area (Å²) in [6, 6.07) is 1.65. The molecule has 3 aliphatic carbocycles. The number of hydrogen-bond donors (Lipinski definition) is 1. The second-order valence-electron chi connectivity index (χ2n) is 8.18. The first-order valence-electron chi connectivity index (χ1n) is 9.31. The molecule has 1 heterocycles. The minimum Gasteiger partial charge on any atom is -0.311 e. The molecule has 114 valence electrons. The Kier molecular flexibility index (Phi) is 3.80. The van der Waals surface area contributed by atoms with Gasteiger partial charge in [0.25, 0.3) is 0 Å². The smallest absolute Gasteiger partial charge is 0.0224 e. The van der Waals surface area contributed by atoms with Crippen molar-refractivity contribution in [3.63, 3.8) is 0 Å². The van der Waals surface area contributed by atoms with E-state index < -0.39 is 0 Å². The van der Waals surface area contributed by atoms with Crippen LogP contribution in [-0.2, 0) is 0 Å². The summed E-state index contributed by atoms with van der Waals surface area (Å²) in [5.74, 6) is 4.26. The number of nitrogens with zero attached hydrogens (tertiary/aromatic N) is 1. The first-order chi connectivity index (χ1) is 9.83. The summed E-state index contributed by atoms with van der Waals surface area (Å²) in [6.45, 7) is 6.39. The van der Waals surface area contributed by atoms with Gasteiger partial charge in [-0.25, -0.2) is 0 Å². The summed E-state index contributed by atoms with van der Waals surface area (Å²) >= 11 is 0. The van der Waals surface area contributed by atoms with E-state index in [1.807, 2.05) is 0 Å². The van der Waals surface area contributed by atoms with Crippen molar-refractivity contribution in [2.75, 3.05) is 19.6 Å². The number of rotatable bonds is 5. The van der Waals surface area contributed by atoms with E-state index in [-0.39, 0.29) is 0 Å². The van der Waals surface area contributed by atoms with Crippen LogP contribution in [-0.4, -0.2) is 36.6 Å². The molecule has 0 aromatic carbocycles. The highest BCUT2D eigenvalue weighted by Gasteiger charge is 2.42. The van der Waals surface area contributed by atoms with Gasteiger partial charge in [-0.3, -0.25) is 4.90 Å². The van der Waals surface area contributed by atoms with Crippen LogP contribution in [0.15, 0.2) is 0 Å². The van der Waals surface area contributed by atoms with E-state index in [1.165, 1.54) is 45.3 Å². The van der Waals surface area contributed by atoms with Crippen LogP contribution >= 0.6 is 0 Å². The molecule has 0 aromatic heterocycles. The zero-order valence-electron chi connectivity index (χ0n) is 13.2. The van der Waals surface area contributed by atoms with Gasteiger partial charge in [0, 0.05) is 31.7 Å². The number of nitrogens with one attached hydrogen (secondary N) is 1. The molecule has 3 saturated carbocycles. The standard InChI is InChI=1S/C18H32N2/c1-2-3-17-10-19-18(14-6-7-14)12-20(17)11-16-9-13-4-5-15(16)8-13/h13-19H,2-12H2,1H3. The predicted octanol–water partition coefficient (Wildman–Crippen LogP) is 3.28. The molecule has 2 bridgehead atoms. The third kappa shape index (κ3) is 2.66. The highest BCUT2D eigenvalue weighted by molar-refractivity contribution is 4.97. The zero-order chi connectivity index (χ0) is 13.5. The highest BCUT2D eigenvalue weighted by atomic mass is 15.2. The lowest BCUT2D eigenvalue weighted by atomic mass is 9.87. The Morgan fingerprint density at radius 3 is 2.55 bits per heavy atom. The van der Waals surface area contributed by atoms with Crippen molar-refractivity contribution in [2.24, 2.45) is 23.7 Å². The average Bonchev–Trinajstić information content (AvgIpc) is 3.11. The van der Waals surface area contributed by atoms with Crippen LogP contribution in [0.3, 0.4) is 0 Å². The van der Waals surface area contributed by atoms with Crippen molar-refractivity contribution in [1.82, 2.24) is 10.2 Å². The Morgan fingerprint density at radius 2 is 1.90 bits per heavy atom. The van der Waals surface area contributed by atoms with Gasteiger partial charge in [-0.15, -0.1) is 0 Å². The van der Waals surface area contributed by atoms with Gasteiger partial charge in [0.15, 0.2) is 0 Å². The molecule has 0 spiro atoms. The monoisotopic (exact) mass is 276 g/mol. The summed E-state index contributed by atoms with van der Waals surface area (Å²) in [4.78, 5) is 2.91. The van der Waals surface area contributed by atoms with Gasteiger partial charge in [-0.2, -0.15) is 0 Å². The largest absolute Gasteiger partial charge is 0.311 e. The highest BCUT2D eigenvalue weighted by Crippen LogP contribution is 2.48. The van der Waals surface area contributed by atoms with Gasteiger partial charge in [0.05, 0.1) is 0 Å². The van der Waals surface area contributed by atoms with E-state index in [9.17, 15) is 0 Å². The predicted molar refractivity (Wildman–Crippen MR) is 83.7 cm³/mol. The maximum Gasteiger partial charge on any atom is 0.0224 e. The van der Waals surface area contributed by atoms with Gasteiger partial charge in [0.1, 0.15) is 0 Å². The molecule has 0 aromatic rings. The van der Waals surface area contributed by atoms with Crippen LogP contribution < -0.4 is 5.32 Å². The lowest BCUT2D eigenvalue weighted by Crippen LogP contribution is -2.58. The molecular weight excluding hydrogens is 244 g/mol. The van der Waals surface area contributed by atoms with Gasteiger partial charge in [0.2, 0.25) is 0 Å². The van der Waals surface area contributed by atoms with Gasteiger partial charge in [-0.1, -0.05) is 19.8 Å². The summed E-state index contributed by atoms with van der Waals surface area (Å²) < 4.78 is 0. The van der Waals surface area contributed by atoms with Crippen LogP contribution in [0.2, 0.25) is 0 Å². The molecule has 20 heavy (non-hydrogen) atoms. The Bertz CT molecular complexity index is 338. The molecule has 1 aliphatic heterocycles. The lowest BCUT2D eigenvalue weighted by Gasteiger charge is -2.43. The Hall–Kier alpha value is -0.0800. The Balaban J connectivity index is 1.38. The van der Waals surface area contributed by atoms with Crippen molar-refractivity contribution in [1.29, 1.82) is 0 Å². The van der Waals surface area contributed by atoms with E-state index in [0.29, 0.717) is 0 Å². The molecule has 0 amide bonds. The molecule has 1 N–H and O–H groups in total. The van der Waals surface area contributed by atoms with E-state index in [4.69, 9.17) is 0 Å². The van der Waals surface area contributed by atoms with Crippen molar-refractivity contribution in [3.8, 4) is 0 Å². The van der Waals surface area contributed by atoms with Gasteiger partial charge >= 0.3 is 0 Å². The summed E-state index contributed by atoms with van der Waals surface area (Å²) in [5.41, 5.74) is 0. The molecule has 4 rings (SSSR count). The van der Waals surface area contributed by atoms with Crippen molar-refractivity contribution in [2.45, 2.75) is 70.4 Å². The quantitative estimate of drug-likeness (QED) is 0.829. The third-order valence-electron chi connectivity index (χ3n) is 6.73. The molecule has 2 heteroatoms. The zero-order valence-corrected chi connectivity index (χ0v) is 13.2. The summed E-state index contributed by atoms with van der Waals surface area (Å²) in [5, 5.41) is 3.86. The summed E-state index contributed by atoms with van der Waals surface area (Å²) in [6.07, 6.45) is 11.9. The molecule has 5 unspecified atom stereocenters. The Labute approximate surface area is 124 Å². The molecule has 4 aliphatic rings. The van der Waals surface area contributed by atoms with E-state index in [2.05, 4.69) is 17.1 Å². The molecular formula is C18H32N2. The SMILES string of the molecule is CCCC1CNC(C2CC2)CN1CC1CC2CCC1C2. The lowest BCUT2D eigenvalue weighted by molar-refractivity contribution is 0.0840. The third-order valence-corrected chi connectivity index (χ3v) is 6.73. The van der Waals surface area contributed by atoms with Gasteiger partial charge in [-0.05, 0) is 62.2 Å². The minimum atomic E-state index is 0.821.